The third-order valence-electron chi connectivity index (χ3n) is 11.0. The third-order valence-corrected chi connectivity index (χ3v) is 11.5. The van der Waals surface area contributed by atoms with Crippen molar-refractivity contribution in [1.82, 2.24) is 63.7 Å². The van der Waals surface area contributed by atoms with E-state index in [4.69, 9.17) is 14.7 Å². The van der Waals surface area contributed by atoms with Crippen molar-refractivity contribution < 1.29 is 22.3 Å². The molecule has 2 aliphatic heterocycles. The molecule has 11 rings (SSSR count). The molecule has 0 radical (unpaired) electrons. The van der Waals surface area contributed by atoms with E-state index < -0.39 is 29.6 Å². The van der Waals surface area contributed by atoms with Gasteiger partial charge in [-0.15, -0.1) is 0 Å². The van der Waals surface area contributed by atoms with E-state index in [2.05, 4.69) is 57.9 Å². The molecule has 318 valence electrons. The number of aromatic nitrogens is 13. The fourth-order valence-corrected chi connectivity index (χ4v) is 8.42. The standard InChI is InChI=1S/C24H20F2N8O.C18H14F2IN7/c1-35-22-7-4-15(11-27-22)16-12-28-34(14-16)19-13-29-33-10-8-21(31-24(19)33)32-9-2-3-18(32)23-17(25)5-6-20(26)30-23;19-12-3-4-15(20)24-17(12)13-2-1-6-26(13)16-5-7-27-18(25-16)14(9-23-27)28-10-11(21)8-22-28/h4-8,10-14,18H,2-3,9H2,1H3;3-5,7-10,13H,1-2,6H2/t18-;13-/m11/s1. The molecule has 21 heteroatoms. The van der Waals surface area contributed by atoms with E-state index in [0.717, 1.165) is 57.5 Å². The minimum atomic E-state index is -0.698. The van der Waals surface area contributed by atoms with Gasteiger partial charge in [0, 0.05) is 61.3 Å². The van der Waals surface area contributed by atoms with Crippen molar-refractivity contribution in [2.75, 3.05) is 30.0 Å². The lowest BCUT2D eigenvalue weighted by Crippen LogP contribution is -2.25. The first-order chi connectivity index (χ1) is 30.7. The number of hydrogen-bond acceptors (Lipinski definition) is 12. The number of ether oxygens (including phenoxy) is 1. The first kappa shape index (κ1) is 40.1. The maximum atomic E-state index is 14.5. The van der Waals surface area contributed by atoms with Crippen molar-refractivity contribution in [2.24, 2.45) is 0 Å². The molecule has 2 fully saturated rings. The van der Waals surface area contributed by atoms with E-state index in [1.165, 1.54) is 0 Å². The number of rotatable bonds is 8. The second kappa shape index (κ2) is 16.7. The quantitative estimate of drug-likeness (QED) is 0.0842. The van der Waals surface area contributed by atoms with Gasteiger partial charge in [0.2, 0.25) is 17.8 Å². The van der Waals surface area contributed by atoms with Gasteiger partial charge in [0.1, 0.15) is 46.0 Å². The lowest BCUT2D eigenvalue weighted by molar-refractivity contribution is 0.398. The highest BCUT2D eigenvalue weighted by molar-refractivity contribution is 14.1. The molecule has 63 heavy (non-hydrogen) atoms. The summed E-state index contributed by atoms with van der Waals surface area (Å²) in [7, 11) is 1.57. The van der Waals surface area contributed by atoms with Gasteiger partial charge in [0.25, 0.3) is 0 Å². The number of methoxy groups -OCH3 is 1. The average Bonchev–Trinajstić information content (AvgIpc) is 4.16. The Morgan fingerprint density at radius 3 is 1.65 bits per heavy atom. The van der Waals surface area contributed by atoms with Crippen LogP contribution in [0.25, 0.3) is 33.8 Å². The fourth-order valence-electron chi connectivity index (χ4n) is 8.03. The second-order valence-corrected chi connectivity index (χ2v) is 16.0. The predicted molar refractivity (Wildman–Crippen MR) is 230 cm³/mol. The SMILES string of the molecule is COc1ccc(-c2cnn(-c3cnn4ccc(N5CCC[C@@H]5c5nc(F)ccc5F)nc34)c2)cn1.Fc1ccc(F)c([C@H]2CCCN2c2ccn3ncc(-n4cc(I)cn4)c3n2)n1. The van der Waals surface area contributed by atoms with E-state index in [1.54, 1.807) is 74.9 Å². The molecule has 0 aromatic carbocycles. The smallest absolute Gasteiger partial charge is 0.213 e. The molecule has 2 aliphatic rings. The summed E-state index contributed by atoms with van der Waals surface area (Å²) in [5.74, 6) is -0.562. The number of nitrogens with zero attached hydrogens (tertiary/aromatic N) is 15. The first-order valence-electron chi connectivity index (χ1n) is 19.8. The second-order valence-electron chi connectivity index (χ2n) is 14.7. The van der Waals surface area contributed by atoms with Crippen LogP contribution in [0.15, 0.2) is 104 Å². The fraction of sp³-hybridized carbons (Fsp3) is 0.214. The van der Waals surface area contributed by atoms with Gasteiger partial charge < -0.3 is 14.5 Å². The highest BCUT2D eigenvalue weighted by atomic mass is 127. The van der Waals surface area contributed by atoms with E-state index in [9.17, 15) is 17.6 Å². The number of halogens is 5. The number of fused-ring (bicyclic) bond motifs is 2. The van der Waals surface area contributed by atoms with Gasteiger partial charge in [-0.1, -0.05) is 0 Å². The zero-order chi connectivity index (χ0) is 43.2. The van der Waals surface area contributed by atoms with Crippen molar-refractivity contribution in [3.63, 3.8) is 0 Å². The first-order valence-corrected chi connectivity index (χ1v) is 20.9. The Morgan fingerprint density at radius 1 is 0.587 bits per heavy atom. The Labute approximate surface area is 369 Å². The molecule has 16 nitrogen and oxygen atoms in total. The molecule has 2 atom stereocenters. The molecule has 9 aromatic rings. The summed E-state index contributed by atoms with van der Waals surface area (Å²) < 4.78 is 69.0. The van der Waals surface area contributed by atoms with Crippen LogP contribution in [0.1, 0.15) is 49.2 Å². The van der Waals surface area contributed by atoms with Crippen LogP contribution in [0.5, 0.6) is 5.88 Å². The molecule has 0 spiro atoms. The van der Waals surface area contributed by atoms with Gasteiger partial charge >= 0.3 is 0 Å². The van der Waals surface area contributed by atoms with Crippen LogP contribution in [-0.4, -0.2) is 83.9 Å². The number of pyridine rings is 3. The predicted octanol–water partition coefficient (Wildman–Crippen LogP) is 7.53. The van der Waals surface area contributed by atoms with Crippen LogP contribution in [0.3, 0.4) is 0 Å². The van der Waals surface area contributed by atoms with E-state index in [1.807, 2.05) is 40.4 Å². The maximum absolute atomic E-state index is 14.5. The van der Waals surface area contributed by atoms with Crippen molar-refractivity contribution >= 4 is 45.5 Å². The molecule has 0 unspecified atom stereocenters. The third kappa shape index (κ3) is 7.76. The highest BCUT2D eigenvalue weighted by Gasteiger charge is 2.33. The van der Waals surface area contributed by atoms with E-state index in [-0.39, 0.29) is 17.4 Å². The van der Waals surface area contributed by atoms with Crippen molar-refractivity contribution in [3.05, 3.63) is 143 Å². The topological polar surface area (TPSA) is 150 Å². The summed E-state index contributed by atoms with van der Waals surface area (Å²) in [5.41, 5.74) is 4.64. The number of hydrogen-bond donors (Lipinski definition) is 0. The lowest BCUT2D eigenvalue weighted by atomic mass is 10.1. The largest absolute Gasteiger partial charge is 0.481 e. The summed E-state index contributed by atoms with van der Waals surface area (Å²) in [5, 5.41) is 17.5. The minimum absolute atomic E-state index is 0.0997. The Hall–Kier alpha value is -7.04. The van der Waals surface area contributed by atoms with Crippen LogP contribution in [0.4, 0.5) is 29.2 Å². The molecular formula is C42H34F4IN15O. The molecule has 9 aromatic heterocycles. The van der Waals surface area contributed by atoms with Crippen molar-refractivity contribution in [1.29, 1.82) is 0 Å². The Kier molecular flexibility index (Phi) is 10.6. The van der Waals surface area contributed by atoms with Gasteiger partial charge in [-0.3, -0.25) is 0 Å². The molecule has 0 bridgehead atoms. The highest BCUT2D eigenvalue weighted by Crippen LogP contribution is 2.37. The van der Waals surface area contributed by atoms with Crippen LogP contribution in [0.2, 0.25) is 0 Å². The molecule has 11 heterocycles. The average molecular weight is 968 g/mol. The summed E-state index contributed by atoms with van der Waals surface area (Å²) in [6.45, 7) is 1.35. The zero-order valence-electron chi connectivity index (χ0n) is 33.2. The Balaban J connectivity index is 0.000000153. The van der Waals surface area contributed by atoms with Gasteiger partial charge in [0.05, 0.1) is 47.6 Å². The maximum Gasteiger partial charge on any atom is 0.213 e. The summed E-state index contributed by atoms with van der Waals surface area (Å²) in [6, 6.07) is 10.9. The van der Waals surface area contributed by atoms with Crippen LogP contribution in [0, 0.1) is 27.1 Å². The normalized spacial score (nSPS) is 16.3. The van der Waals surface area contributed by atoms with Crippen LogP contribution in [-0.2, 0) is 0 Å². The zero-order valence-corrected chi connectivity index (χ0v) is 35.4. The monoisotopic (exact) mass is 967 g/mol. The summed E-state index contributed by atoms with van der Waals surface area (Å²) in [6.07, 6.45) is 19.0. The summed E-state index contributed by atoms with van der Waals surface area (Å²) >= 11 is 2.19. The van der Waals surface area contributed by atoms with Crippen molar-refractivity contribution in [3.8, 4) is 28.4 Å². The summed E-state index contributed by atoms with van der Waals surface area (Å²) in [4.78, 5) is 25.4. The van der Waals surface area contributed by atoms with E-state index >= 15 is 0 Å². The van der Waals surface area contributed by atoms with Gasteiger partial charge in [-0.25, -0.2) is 52.1 Å². The van der Waals surface area contributed by atoms with Crippen molar-refractivity contribution in [2.45, 2.75) is 37.8 Å². The van der Waals surface area contributed by atoms with E-state index in [0.29, 0.717) is 60.4 Å². The van der Waals surface area contributed by atoms with Crippen LogP contribution < -0.4 is 14.5 Å². The molecule has 2 saturated heterocycles. The van der Waals surface area contributed by atoms with Crippen LogP contribution >= 0.6 is 22.6 Å². The minimum Gasteiger partial charge on any atom is -0.481 e. The Bertz CT molecular complexity index is 3100. The molecule has 0 amide bonds. The molecule has 0 N–H and O–H groups in total. The number of anilines is 2. The molecule has 0 saturated carbocycles. The van der Waals surface area contributed by atoms with Gasteiger partial charge in [-0.05, 0) is 90.7 Å². The lowest BCUT2D eigenvalue weighted by Gasteiger charge is -2.25. The molecule has 0 aliphatic carbocycles. The van der Waals surface area contributed by atoms with Gasteiger partial charge in [-0.2, -0.15) is 29.2 Å². The molecular weight excluding hydrogens is 933 g/mol. The Morgan fingerprint density at radius 2 is 1.14 bits per heavy atom. The van der Waals surface area contributed by atoms with Gasteiger partial charge in [0.15, 0.2) is 11.3 Å².